The summed E-state index contributed by atoms with van der Waals surface area (Å²) in [5, 5.41) is 22.8. The Morgan fingerprint density at radius 2 is 1.70 bits per heavy atom. The molecule has 0 saturated carbocycles. The minimum atomic E-state index is -0.962. The lowest BCUT2D eigenvalue weighted by Crippen LogP contribution is -2.36. The molecular formula is C14H12N4O5. The molecule has 23 heavy (non-hydrogen) atoms. The highest BCUT2D eigenvalue weighted by Gasteiger charge is 2.27. The highest BCUT2D eigenvalue weighted by Crippen LogP contribution is 2.34. The number of rotatable bonds is 6. The van der Waals surface area contributed by atoms with E-state index in [9.17, 15) is 25.0 Å². The third kappa shape index (κ3) is 3.30. The van der Waals surface area contributed by atoms with Crippen LogP contribution in [-0.4, -0.2) is 16.1 Å². The molecule has 0 amide bonds. The Hall–Kier alpha value is -3.33. The van der Waals surface area contributed by atoms with Crippen molar-refractivity contribution in [3.05, 3.63) is 74.3 Å². The fraction of sp³-hybridized carbons (Fsp3) is 0.0714. The second kappa shape index (κ2) is 6.62. The maximum absolute atomic E-state index is 11.4. The number of anilines is 1. The summed E-state index contributed by atoms with van der Waals surface area (Å²) in [7, 11) is 0. The van der Waals surface area contributed by atoms with E-state index < -0.39 is 27.3 Å². The molecule has 2 rings (SSSR count). The van der Waals surface area contributed by atoms with Crippen LogP contribution in [0, 0.1) is 20.2 Å². The number of hydrogen-bond acceptors (Lipinski definition) is 7. The van der Waals surface area contributed by atoms with Gasteiger partial charge in [-0.05, 0) is 11.6 Å². The zero-order chi connectivity index (χ0) is 17.0. The number of carbonyl (C=O) groups is 1. The topological polar surface area (TPSA) is 133 Å². The van der Waals surface area contributed by atoms with E-state index in [0.29, 0.717) is 11.8 Å². The van der Waals surface area contributed by atoms with Crippen molar-refractivity contribution in [2.75, 3.05) is 5.01 Å². The van der Waals surface area contributed by atoms with Crippen molar-refractivity contribution < 1.29 is 14.6 Å². The maximum Gasteiger partial charge on any atom is 0.300 e. The van der Waals surface area contributed by atoms with Gasteiger partial charge in [0.2, 0.25) is 0 Å². The quantitative estimate of drug-likeness (QED) is 0.373. The molecule has 9 heteroatoms. The Balaban J connectivity index is 2.49. The van der Waals surface area contributed by atoms with E-state index in [4.69, 9.17) is 5.84 Å². The van der Waals surface area contributed by atoms with Gasteiger partial charge in [0, 0.05) is 6.07 Å². The van der Waals surface area contributed by atoms with E-state index in [1.54, 1.807) is 30.3 Å². The Labute approximate surface area is 130 Å². The molecule has 0 fully saturated rings. The van der Waals surface area contributed by atoms with Gasteiger partial charge in [0.15, 0.2) is 0 Å². The first kappa shape index (κ1) is 16.0. The van der Waals surface area contributed by atoms with E-state index in [1.807, 2.05) is 0 Å². The lowest BCUT2D eigenvalue weighted by molar-refractivity contribution is -0.393. The molecule has 2 aromatic carbocycles. The largest absolute Gasteiger partial charge is 0.301 e. The van der Waals surface area contributed by atoms with Crippen LogP contribution in [0.25, 0.3) is 0 Å². The Morgan fingerprint density at radius 3 is 2.22 bits per heavy atom. The first-order valence-corrected chi connectivity index (χ1v) is 6.42. The van der Waals surface area contributed by atoms with Crippen molar-refractivity contribution in [1.29, 1.82) is 0 Å². The van der Waals surface area contributed by atoms with Crippen LogP contribution < -0.4 is 10.9 Å². The number of aldehydes is 1. The van der Waals surface area contributed by atoms with Gasteiger partial charge in [-0.3, -0.25) is 25.2 Å². The lowest BCUT2D eigenvalue weighted by atomic mass is 10.1. The fourth-order valence-corrected chi connectivity index (χ4v) is 2.09. The molecule has 0 aromatic heterocycles. The van der Waals surface area contributed by atoms with Gasteiger partial charge in [-0.1, -0.05) is 30.3 Å². The molecule has 1 atom stereocenters. The van der Waals surface area contributed by atoms with E-state index in [0.717, 1.165) is 23.2 Å². The van der Waals surface area contributed by atoms with E-state index >= 15 is 0 Å². The average Bonchev–Trinajstić information content (AvgIpc) is 2.55. The minimum absolute atomic E-state index is 0.0958. The van der Waals surface area contributed by atoms with Crippen LogP contribution in [-0.2, 0) is 4.79 Å². The average molecular weight is 316 g/mol. The van der Waals surface area contributed by atoms with Crippen LogP contribution in [0.2, 0.25) is 0 Å². The van der Waals surface area contributed by atoms with Crippen LogP contribution in [0.3, 0.4) is 0 Å². The van der Waals surface area contributed by atoms with Gasteiger partial charge >= 0.3 is 5.69 Å². The summed E-state index contributed by atoms with van der Waals surface area (Å²) >= 11 is 0. The molecule has 2 N–H and O–H groups in total. The SMILES string of the molecule is NN(c1ccc([N+](=O)[O-])cc1[N+](=O)[O-])C(C=O)c1ccccc1. The summed E-state index contributed by atoms with van der Waals surface area (Å²) in [6, 6.07) is 10.5. The smallest absolute Gasteiger partial charge is 0.300 e. The standard InChI is InChI=1S/C14H12N4O5/c15-16(14(9-19)10-4-2-1-3-5-10)12-7-6-11(17(20)21)8-13(12)18(22)23/h1-9,14H,15H2. The molecule has 0 spiro atoms. The van der Waals surface area contributed by atoms with Crippen molar-refractivity contribution in [1.82, 2.24) is 0 Å². The molecule has 0 aliphatic rings. The van der Waals surface area contributed by atoms with Crippen molar-refractivity contribution >= 4 is 23.3 Å². The zero-order valence-electron chi connectivity index (χ0n) is 11.7. The third-order valence-electron chi connectivity index (χ3n) is 3.21. The fourth-order valence-electron chi connectivity index (χ4n) is 2.09. The predicted octanol–water partition coefficient (Wildman–Crippen LogP) is 2.12. The second-order valence-electron chi connectivity index (χ2n) is 4.59. The molecule has 0 radical (unpaired) electrons. The highest BCUT2D eigenvalue weighted by molar-refractivity contribution is 5.74. The Bertz CT molecular complexity index is 750. The molecule has 0 aliphatic carbocycles. The second-order valence-corrected chi connectivity index (χ2v) is 4.59. The summed E-state index contributed by atoms with van der Waals surface area (Å²) in [6.07, 6.45) is 0.542. The molecule has 2 aromatic rings. The maximum atomic E-state index is 11.4. The van der Waals surface area contributed by atoms with Crippen molar-refractivity contribution in [3.63, 3.8) is 0 Å². The number of hydrazine groups is 1. The number of non-ortho nitro benzene ring substituents is 1. The van der Waals surface area contributed by atoms with Crippen molar-refractivity contribution in [2.45, 2.75) is 6.04 Å². The van der Waals surface area contributed by atoms with Crippen molar-refractivity contribution in [2.24, 2.45) is 5.84 Å². The summed E-state index contributed by atoms with van der Waals surface area (Å²) in [6.45, 7) is 0. The number of nitrogens with zero attached hydrogens (tertiary/aromatic N) is 3. The number of carbonyl (C=O) groups excluding carboxylic acids is 1. The third-order valence-corrected chi connectivity index (χ3v) is 3.21. The van der Waals surface area contributed by atoms with E-state index in [2.05, 4.69) is 0 Å². The van der Waals surface area contributed by atoms with Crippen LogP contribution in [0.15, 0.2) is 48.5 Å². The van der Waals surface area contributed by atoms with E-state index in [1.165, 1.54) is 0 Å². The molecule has 9 nitrogen and oxygen atoms in total. The molecule has 118 valence electrons. The van der Waals surface area contributed by atoms with Gasteiger partial charge in [0.25, 0.3) is 5.69 Å². The molecule has 1 unspecified atom stereocenters. The van der Waals surface area contributed by atoms with E-state index in [-0.39, 0.29) is 5.69 Å². The summed E-state index contributed by atoms with van der Waals surface area (Å²) in [4.78, 5) is 31.8. The van der Waals surface area contributed by atoms with Gasteiger partial charge in [-0.2, -0.15) is 0 Å². The Kier molecular flexibility index (Phi) is 4.62. The van der Waals surface area contributed by atoms with Crippen molar-refractivity contribution in [3.8, 4) is 0 Å². The first-order valence-electron chi connectivity index (χ1n) is 6.42. The van der Waals surface area contributed by atoms with Gasteiger partial charge in [0.05, 0.1) is 15.9 Å². The number of benzene rings is 2. The number of nitro benzene ring substituents is 2. The van der Waals surface area contributed by atoms with Gasteiger partial charge in [-0.25, -0.2) is 5.84 Å². The Morgan fingerprint density at radius 1 is 1.04 bits per heavy atom. The summed E-state index contributed by atoms with van der Waals surface area (Å²) < 4.78 is 0. The normalized spacial score (nSPS) is 11.5. The molecule has 0 heterocycles. The predicted molar refractivity (Wildman–Crippen MR) is 81.7 cm³/mol. The van der Waals surface area contributed by atoms with Crippen LogP contribution in [0.4, 0.5) is 17.1 Å². The molecule has 0 saturated heterocycles. The van der Waals surface area contributed by atoms with Crippen LogP contribution in [0.1, 0.15) is 11.6 Å². The number of nitro groups is 2. The first-order chi connectivity index (χ1) is 11.0. The zero-order valence-corrected chi connectivity index (χ0v) is 11.7. The molecule has 0 bridgehead atoms. The summed E-state index contributed by atoms with van der Waals surface area (Å²) in [5.41, 5.74) is -0.542. The van der Waals surface area contributed by atoms with Gasteiger partial charge in [-0.15, -0.1) is 0 Å². The van der Waals surface area contributed by atoms with Crippen LogP contribution in [0.5, 0.6) is 0 Å². The lowest BCUT2D eigenvalue weighted by Gasteiger charge is -2.25. The monoisotopic (exact) mass is 316 g/mol. The molecular weight excluding hydrogens is 304 g/mol. The molecule has 0 aliphatic heterocycles. The highest BCUT2D eigenvalue weighted by atomic mass is 16.6. The number of hydrogen-bond donors (Lipinski definition) is 1. The van der Waals surface area contributed by atoms with Gasteiger partial charge in [0.1, 0.15) is 18.0 Å². The number of nitrogens with two attached hydrogens (primary N) is 1. The summed E-state index contributed by atoms with van der Waals surface area (Å²) in [5.74, 6) is 5.87. The minimum Gasteiger partial charge on any atom is -0.301 e. The van der Waals surface area contributed by atoms with Gasteiger partial charge < -0.3 is 4.79 Å². The van der Waals surface area contributed by atoms with Crippen LogP contribution >= 0.6 is 0 Å².